The van der Waals surface area contributed by atoms with Crippen LogP contribution in [-0.2, 0) is 4.79 Å². The highest BCUT2D eigenvalue weighted by Gasteiger charge is 2.21. The van der Waals surface area contributed by atoms with Crippen LogP contribution in [0.1, 0.15) is 16.1 Å². The van der Waals surface area contributed by atoms with Gasteiger partial charge in [-0.1, -0.05) is 23.4 Å². The molecule has 1 aromatic heterocycles. The molecular weight excluding hydrogens is 390 g/mol. The molecule has 3 rings (SSSR count). The zero-order valence-corrected chi connectivity index (χ0v) is 16.3. The lowest BCUT2D eigenvalue weighted by Gasteiger charge is -2.17. The summed E-state index contributed by atoms with van der Waals surface area (Å²) in [5, 5.41) is 20.6. The van der Waals surface area contributed by atoms with E-state index in [9.17, 15) is 19.7 Å². The van der Waals surface area contributed by atoms with Gasteiger partial charge in [-0.15, -0.1) is 0 Å². The third-order valence-corrected chi connectivity index (χ3v) is 4.12. The summed E-state index contributed by atoms with van der Waals surface area (Å²) in [5.41, 5.74) is 0.773. The van der Waals surface area contributed by atoms with Gasteiger partial charge >= 0.3 is 0 Å². The van der Waals surface area contributed by atoms with Crippen LogP contribution in [0.2, 0.25) is 0 Å². The van der Waals surface area contributed by atoms with Gasteiger partial charge in [-0.05, 0) is 31.2 Å². The smallest absolute Gasteiger partial charge is 0.293 e. The number of nitrogens with one attached hydrogen (secondary N) is 2. The first kappa shape index (κ1) is 20.5. The van der Waals surface area contributed by atoms with E-state index >= 15 is 0 Å². The van der Waals surface area contributed by atoms with Gasteiger partial charge in [-0.25, -0.2) is 0 Å². The van der Waals surface area contributed by atoms with E-state index in [1.165, 1.54) is 25.2 Å². The first-order valence-electron chi connectivity index (χ1n) is 8.92. The molecule has 0 saturated heterocycles. The number of carbonyl (C=O) groups is 2. The van der Waals surface area contributed by atoms with Crippen molar-refractivity contribution in [2.45, 2.75) is 6.92 Å². The van der Waals surface area contributed by atoms with E-state index in [0.29, 0.717) is 11.4 Å². The SMILES string of the molecule is Cc1cc(NC(=O)CN(C)C(=O)c2ccc(Nc3ccccc3)c([N+](=O)[O-])c2)no1. The Bertz CT molecular complexity index is 1080. The Morgan fingerprint density at radius 2 is 1.90 bits per heavy atom. The van der Waals surface area contributed by atoms with E-state index < -0.39 is 16.7 Å². The minimum absolute atomic E-state index is 0.0906. The number of nitrogens with zero attached hydrogens (tertiary/aromatic N) is 3. The molecule has 0 fully saturated rings. The zero-order valence-electron chi connectivity index (χ0n) is 16.3. The van der Waals surface area contributed by atoms with Gasteiger partial charge in [0, 0.05) is 30.4 Å². The van der Waals surface area contributed by atoms with Crippen molar-refractivity contribution >= 4 is 34.7 Å². The first-order valence-corrected chi connectivity index (χ1v) is 8.92. The molecule has 3 aromatic rings. The van der Waals surface area contributed by atoms with Crippen LogP contribution in [0.15, 0.2) is 59.1 Å². The molecule has 2 amide bonds. The van der Waals surface area contributed by atoms with Gasteiger partial charge in [-0.3, -0.25) is 19.7 Å². The second-order valence-corrected chi connectivity index (χ2v) is 6.51. The minimum Gasteiger partial charge on any atom is -0.360 e. The maximum atomic E-state index is 12.6. The fourth-order valence-electron chi connectivity index (χ4n) is 2.71. The number of benzene rings is 2. The number of para-hydroxylation sites is 1. The van der Waals surface area contributed by atoms with E-state index in [-0.39, 0.29) is 29.3 Å². The molecule has 0 aliphatic carbocycles. The predicted molar refractivity (Wildman–Crippen MR) is 110 cm³/mol. The van der Waals surface area contributed by atoms with Crippen molar-refractivity contribution in [1.29, 1.82) is 0 Å². The number of likely N-dealkylation sites (N-methyl/N-ethyl adjacent to an activating group) is 1. The minimum atomic E-state index is -0.568. The largest absolute Gasteiger partial charge is 0.360 e. The topological polar surface area (TPSA) is 131 Å². The van der Waals surface area contributed by atoms with Crippen molar-refractivity contribution in [2.24, 2.45) is 0 Å². The van der Waals surface area contributed by atoms with Gasteiger partial charge in [0.25, 0.3) is 11.6 Å². The number of aromatic nitrogens is 1. The molecule has 30 heavy (non-hydrogen) atoms. The van der Waals surface area contributed by atoms with Gasteiger partial charge < -0.3 is 20.1 Å². The summed E-state index contributed by atoms with van der Waals surface area (Å²) in [5.74, 6) is -0.233. The van der Waals surface area contributed by atoms with Gasteiger partial charge in [0.1, 0.15) is 11.4 Å². The molecule has 2 aromatic carbocycles. The molecule has 0 radical (unpaired) electrons. The molecule has 0 bridgehead atoms. The molecule has 0 aliphatic rings. The quantitative estimate of drug-likeness (QED) is 0.452. The summed E-state index contributed by atoms with van der Waals surface area (Å²) < 4.78 is 4.86. The average molecular weight is 409 g/mol. The Morgan fingerprint density at radius 1 is 1.17 bits per heavy atom. The Labute approximate surface area is 171 Å². The molecule has 0 atom stereocenters. The predicted octanol–water partition coefficient (Wildman–Crippen LogP) is 3.35. The lowest BCUT2D eigenvalue weighted by Crippen LogP contribution is -2.35. The van der Waals surface area contributed by atoms with Crippen LogP contribution in [0.25, 0.3) is 0 Å². The highest BCUT2D eigenvalue weighted by Crippen LogP contribution is 2.29. The summed E-state index contributed by atoms with van der Waals surface area (Å²) in [6.07, 6.45) is 0. The molecule has 0 unspecified atom stereocenters. The van der Waals surface area contributed by atoms with Crippen LogP contribution < -0.4 is 10.6 Å². The van der Waals surface area contributed by atoms with E-state index in [2.05, 4.69) is 15.8 Å². The van der Waals surface area contributed by atoms with Crippen molar-refractivity contribution < 1.29 is 19.0 Å². The number of hydrogen-bond donors (Lipinski definition) is 2. The Hall–Kier alpha value is -4.21. The third kappa shape index (κ3) is 4.98. The normalized spacial score (nSPS) is 10.3. The van der Waals surface area contributed by atoms with Gasteiger partial charge in [0.2, 0.25) is 5.91 Å². The standard InChI is InChI=1S/C20H19N5O5/c1-13-10-18(23-30-13)22-19(26)12-24(2)20(27)14-8-9-16(17(11-14)25(28)29)21-15-6-4-3-5-7-15/h3-11,21H,12H2,1-2H3,(H,22,23,26). The molecule has 0 aliphatic heterocycles. The van der Waals surface area contributed by atoms with Gasteiger partial charge in [0.05, 0.1) is 11.5 Å². The number of aryl methyl sites for hydroxylation is 1. The number of carbonyl (C=O) groups excluding carboxylic acids is 2. The molecule has 10 nitrogen and oxygen atoms in total. The Balaban J connectivity index is 1.72. The average Bonchev–Trinajstić information content (AvgIpc) is 3.12. The number of amides is 2. The number of rotatable bonds is 7. The lowest BCUT2D eigenvalue weighted by molar-refractivity contribution is -0.383. The summed E-state index contributed by atoms with van der Waals surface area (Å²) in [6, 6.07) is 14.6. The van der Waals surface area contributed by atoms with E-state index in [1.54, 1.807) is 37.3 Å². The number of anilines is 3. The molecule has 10 heteroatoms. The van der Waals surface area contributed by atoms with Crippen molar-refractivity contribution in [1.82, 2.24) is 10.1 Å². The highest BCUT2D eigenvalue weighted by molar-refractivity contribution is 5.99. The van der Waals surface area contributed by atoms with Crippen LogP contribution in [-0.4, -0.2) is 40.4 Å². The van der Waals surface area contributed by atoms with Crippen molar-refractivity contribution in [2.75, 3.05) is 24.2 Å². The van der Waals surface area contributed by atoms with E-state index in [1.807, 2.05) is 6.07 Å². The molecule has 154 valence electrons. The van der Waals surface area contributed by atoms with Crippen molar-refractivity contribution in [3.05, 3.63) is 76.0 Å². The molecular formula is C20H19N5O5. The van der Waals surface area contributed by atoms with Crippen LogP contribution in [0, 0.1) is 17.0 Å². The zero-order chi connectivity index (χ0) is 21.7. The monoisotopic (exact) mass is 409 g/mol. The maximum Gasteiger partial charge on any atom is 0.293 e. The van der Waals surface area contributed by atoms with Crippen LogP contribution >= 0.6 is 0 Å². The molecule has 2 N–H and O–H groups in total. The van der Waals surface area contributed by atoms with E-state index in [0.717, 1.165) is 4.90 Å². The Morgan fingerprint density at radius 3 is 2.53 bits per heavy atom. The fourth-order valence-corrected chi connectivity index (χ4v) is 2.71. The molecule has 0 spiro atoms. The molecule has 0 saturated carbocycles. The van der Waals surface area contributed by atoms with E-state index in [4.69, 9.17) is 4.52 Å². The number of nitro benzene ring substituents is 1. The highest BCUT2D eigenvalue weighted by atomic mass is 16.6. The van der Waals surface area contributed by atoms with Gasteiger partial charge in [0.15, 0.2) is 5.82 Å². The lowest BCUT2D eigenvalue weighted by atomic mass is 10.1. The second-order valence-electron chi connectivity index (χ2n) is 6.51. The van der Waals surface area contributed by atoms with Crippen LogP contribution in [0.5, 0.6) is 0 Å². The first-order chi connectivity index (χ1) is 14.3. The summed E-state index contributed by atoms with van der Waals surface area (Å²) in [7, 11) is 1.43. The summed E-state index contributed by atoms with van der Waals surface area (Å²) in [4.78, 5) is 36.8. The second kappa shape index (κ2) is 8.86. The Kier molecular flexibility index (Phi) is 6.06. The van der Waals surface area contributed by atoms with Gasteiger partial charge in [-0.2, -0.15) is 0 Å². The molecule has 1 heterocycles. The third-order valence-electron chi connectivity index (χ3n) is 4.12. The van der Waals surface area contributed by atoms with Crippen molar-refractivity contribution in [3.8, 4) is 0 Å². The van der Waals surface area contributed by atoms with Crippen molar-refractivity contribution in [3.63, 3.8) is 0 Å². The summed E-state index contributed by atoms with van der Waals surface area (Å²) in [6.45, 7) is 1.42. The van der Waals surface area contributed by atoms with Crippen LogP contribution in [0.4, 0.5) is 22.9 Å². The number of nitro groups is 1. The number of hydrogen-bond acceptors (Lipinski definition) is 7. The fraction of sp³-hybridized carbons (Fsp3) is 0.150. The summed E-state index contributed by atoms with van der Waals surface area (Å²) >= 11 is 0. The maximum absolute atomic E-state index is 12.6. The van der Waals surface area contributed by atoms with Crippen LogP contribution in [0.3, 0.4) is 0 Å².